The van der Waals surface area contributed by atoms with E-state index in [9.17, 15) is 0 Å². The van der Waals surface area contributed by atoms with Gasteiger partial charge >= 0.3 is 0 Å². The first kappa shape index (κ1) is 7.32. The van der Waals surface area contributed by atoms with Gasteiger partial charge in [-0.15, -0.1) is 0 Å². The molecule has 0 saturated carbocycles. The molecule has 0 bridgehead atoms. The molecule has 3 nitrogen and oxygen atoms in total. The third kappa shape index (κ3) is 0.908. The molecule has 0 radical (unpaired) electrons. The largest absolute Gasteiger partial charge is 0.294 e. The van der Waals surface area contributed by atoms with Crippen molar-refractivity contribution in [3.63, 3.8) is 0 Å². The number of nitriles is 1. The van der Waals surface area contributed by atoms with E-state index in [2.05, 4.69) is 27.0 Å². The highest BCUT2D eigenvalue weighted by Crippen LogP contribution is 2.18. The van der Waals surface area contributed by atoms with Gasteiger partial charge in [0.05, 0.1) is 10.2 Å². The highest BCUT2D eigenvalue weighted by Gasteiger charge is 2.05. The zero-order valence-corrected chi connectivity index (χ0v) is 7.62. The minimum Gasteiger partial charge on any atom is -0.294 e. The van der Waals surface area contributed by atoms with Crippen LogP contribution in [0, 0.1) is 11.3 Å². The quantitative estimate of drug-likeness (QED) is 0.683. The van der Waals surface area contributed by atoms with E-state index < -0.39 is 0 Å². The van der Waals surface area contributed by atoms with Gasteiger partial charge < -0.3 is 0 Å². The first-order valence-electron chi connectivity index (χ1n) is 3.34. The second kappa shape index (κ2) is 2.61. The van der Waals surface area contributed by atoms with Crippen molar-refractivity contribution in [3.05, 3.63) is 34.7 Å². The molecule has 0 aliphatic carbocycles. The van der Waals surface area contributed by atoms with Gasteiger partial charge in [0.15, 0.2) is 5.65 Å². The minimum atomic E-state index is 0.586. The predicted octanol–water partition coefficient (Wildman–Crippen LogP) is 1.97. The van der Waals surface area contributed by atoms with Crippen LogP contribution in [0.1, 0.15) is 5.56 Å². The van der Waals surface area contributed by atoms with Crippen LogP contribution in [0.4, 0.5) is 0 Å². The van der Waals surface area contributed by atoms with Gasteiger partial charge in [0.1, 0.15) is 6.07 Å². The van der Waals surface area contributed by atoms with Crippen molar-refractivity contribution in [2.75, 3.05) is 0 Å². The van der Waals surface area contributed by atoms with Crippen LogP contribution in [-0.4, -0.2) is 9.38 Å². The van der Waals surface area contributed by atoms with Crippen LogP contribution >= 0.6 is 15.9 Å². The molecular formula is C8H4BrN3. The molecule has 0 N–H and O–H groups in total. The van der Waals surface area contributed by atoms with E-state index in [4.69, 9.17) is 5.26 Å². The van der Waals surface area contributed by atoms with Crippen molar-refractivity contribution in [1.82, 2.24) is 9.38 Å². The molecule has 0 spiro atoms. The molecule has 0 aliphatic rings. The molecule has 0 saturated heterocycles. The number of fused-ring (bicyclic) bond motifs is 1. The summed E-state index contributed by atoms with van der Waals surface area (Å²) in [5.74, 6) is 0. The lowest BCUT2D eigenvalue weighted by atomic mass is 10.4. The van der Waals surface area contributed by atoms with E-state index in [1.807, 2.05) is 16.7 Å². The first-order valence-corrected chi connectivity index (χ1v) is 4.14. The molecule has 0 amide bonds. The van der Waals surface area contributed by atoms with Crippen LogP contribution in [0.5, 0.6) is 0 Å². The van der Waals surface area contributed by atoms with E-state index in [1.54, 1.807) is 12.3 Å². The van der Waals surface area contributed by atoms with Crippen LogP contribution < -0.4 is 0 Å². The Bertz CT molecular complexity index is 467. The SMILES string of the molecule is N#Cc1cc(Br)n2cccnc12. The van der Waals surface area contributed by atoms with Crippen LogP contribution in [0.2, 0.25) is 0 Å². The average molecular weight is 222 g/mol. The maximum Gasteiger partial charge on any atom is 0.155 e. The molecule has 2 aromatic rings. The Morgan fingerprint density at radius 2 is 2.42 bits per heavy atom. The van der Waals surface area contributed by atoms with Gasteiger partial charge in [-0.1, -0.05) is 0 Å². The molecule has 4 heteroatoms. The van der Waals surface area contributed by atoms with Gasteiger partial charge in [-0.3, -0.25) is 4.40 Å². The van der Waals surface area contributed by atoms with Crippen molar-refractivity contribution in [3.8, 4) is 6.07 Å². The summed E-state index contributed by atoms with van der Waals surface area (Å²) in [5, 5.41) is 8.72. The van der Waals surface area contributed by atoms with E-state index >= 15 is 0 Å². The highest BCUT2D eigenvalue weighted by atomic mass is 79.9. The van der Waals surface area contributed by atoms with Crippen molar-refractivity contribution in [2.24, 2.45) is 0 Å². The standard InChI is InChI=1S/C8H4BrN3/c9-7-4-6(5-10)8-11-2-1-3-12(7)8/h1-4H. The van der Waals surface area contributed by atoms with Gasteiger partial charge in [0.2, 0.25) is 0 Å². The second-order valence-electron chi connectivity index (χ2n) is 2.31. The summed E-state index contributed by atoms with van der Waals surface area (Å²) in [6.07, 6.45) is 3.52. The van der Waals surface area contributed by atoms with E-state index in [-0.39, 0.29) is 0 Å². The molecule has 2 rings (SSSR count). The Balaban J connectivity index is 2.94. The fourth-order valence-corrected chi connectivity index (χ4v) is 1.59. The van der Waals surface area contributed by atoms with E-state index in [0.717, 1.165) is 4.60 Å². The number of rotatable bonds is 0. The van der Waals surface area contributed by atoms with Crippen molar-refractivity contribution >= 4 is 21.6 Å². The predicted molar refractivity (Wildman–Crippen MR) is 47.6 cm³/mol. The summed E-state index contributed by atoms with van der Waals surface area (Å²) in [7, 11) is 0. The fraction of sp³-hybridized carbons (Fsp3) is 0. The zero-order chi connectivity index (χ0) is 8.55. The summed E-state index contributed by atoms with van der Waals surface area (Å²) < 4.78 is 2.67. The van der Waals surface area contributed by atoms with Gasteiger partial charge in [-0.05, 0) is 28.1 Å². The molecule has 0 aliphatic heterocycles. The van der Waals surface area contributed by atoms with Gasteiger partial charge in [-0.2, -0.15) is 5.26 Å². The van der Waals surface area contributed by atoms with Gasteiger partial charge in [-0.25, -0.2) is 4.98 Å². The Kier molecular flexibility index (Phi) is 1.59. The summed E-state index contributed by atoms with van der Waals surface area (Å²) in [5.41, 5.74) is 1.27. The van der Waals surface area contributed by atoms with Crippen LogP contribution in [0.3, 0.4) is 0 Å². The molecule has 0 atom stereocenters. The van der Waals surface area contributed by atoms with Crippen LogP contribution in [-0.2, 0) is 0 Å². The lowest BCUT2D eigenvalue weighted by Crippen LogP contribution is -1.85. The number of nitrogens with zero attached hydrogens (tertiary/aromatic N) is 3. The topological polar surface area (TPSA) is 41.1 Å². The molecule has 0 fully saturated rings. The lowest BCUT2D eigenvalue weighted by molar-refractivity contribution is 1.10. The van der Waals surface area contributed by atoms with Crippen LogP contribution in [0.15, 0.2) is 29.1 Å². The summed E-state index contributed by atoms with van der Waals surface area (Å²) >= 11 is 3.33. The van der Waals surface area contributed by atoms with Crippen molar-refractivity contribution in [1.29, 1.82) is 5.26 Å². The Hall–Kier alpha value is -1.34. The molecule has 12 heavy (non-hydrogen) atoms. The summed E-state index contributed by atoms with van der Waals surface area (Å²) in [6, 6.07) is 5.65. The first-order chi connectivity index (χ1) is 5.83. The lowest BCUT2D eigenvalue weighted by Gasteiger charge is -1.92. The Labute approximate surface area is 77.4 Å². The summed E-state index contributed by atoms with van der Waals surface area (Å²) in [4.78, 5) is 4.08. The minimum absolute atomic E-state index is 0.586. The molecule has 58 valence electrons. The fourth-order valence-electron chi connectivity index (χ4n) is 1.08. The monoisotopic (exact) mass is 221 g/mol. The number of hydrogen-bond donors (Lipinski definition) is 0. The third-order valence-electron chi connectivity index (χ3n) is 1.60. The highest BCUT2D eigenvalue weighted by molar-refractivity contribution is 9.10. The normalized spacial score (nSPS) is 10.0. The molecule has 2 heterocycles. The molecule has 0 aromatic carbocycles. The molecule has 0 unspecified atom stereocenters. The van der Waals surface area contributed by atoms with Crippen molar-refractivity contribution < 1.29 is 0 Å². The average Bonchev–Trinajstić information content (AvgIpc) is 2.44. The van der Waals surface area contributed by atoms with E-state index in [0.29, 0.717) is 11.2 Å². The Morgan fingerprint density at radius 1 is 1.58 bits per heavy atom. The van der Waals surface area contributed by atoms with Crippen LogP contribution in [0.25, 0.3) is 5.65 Å². The van der Waals surface area contributed by atoms with Crippen molar-refractivity contribution in [2.45, 2.75) is 0 Å². The summed E-state index contributed by atoms with van der Waals surface area (Å²) in [6.45, 7) is 0. The molecular weight excluding hydrogens is 218 g/mol. The number of hydrogen-bond acceptors (Lipinski definition) is 2. The smallest absolute Gasteiger partial charge is 0.155 e. The second-order valence-corrected chi connectivity index (χ2v) is 3.12. The number of aromatic nitrogens is 2. The van der Waals surface area contributed by atoms with Gasteiger partial charge in [0, 0.05) is 12.4 Å². The maximum absolute atomic E-state index is 8.72. The van der Waals surface area contributed by atoms with E-state index in [1.165, 1.54) is 0 Å². The number of halogens is 1. The Morgan fingerprint density at radius 3 is 3.17 bits per heavy atom. The molecule has 2 aromatic heterocycles. The third-order valence-corrected chi connectivity index (χ3v) is 2.21. The maximum atomic E-state index is 8.72. The zero-order valence-electron chi connectivity index (χ0n) is 6.03. The van der Waals surface area contributed by atoms with Gasteiger partial charge in [0.25, 0.3) is 0 Å².